The van der Waals surface area contributed by atoms with E-state index in [1.807, 2.05) is 0 Å². The molecule has 0 aliphatic carbocycles. The van der Waals surface area contributed by atoms with E-state index in [2.05, 4.69) is 15.8 Å². The van der Waals surface area contributed by atoms with Crippen LogP contribution in [0.4, 0.5) is 11.4 Å². The number of rotatable bonds is 7. The number of nitrogens with two attached hydrogens (primary N) is 1. The van der Waals surface area contributed by atoms with Gasteiger partial charge >= 0.3 is 0 Å². The molecular weight excluding hydrogens is 386 g/mol. The predicted molar refractivity (Wildman–Crippen MR) is 106 cm³/mol. The van der Waals surface area contributed by atoms with Gasteiger partial charge < -0.3 is 11.1 Å². The van der Waals surface area contributed by atoms with Crippen molar-refractivity contribution in [1.82, 2.24) is 10.7 Å². The summed E-state index contributed by atoms with van der Waals surface area (Å²) in [5.41, 5.74) is 8.86. The van der Waals surface area contributed by atoms with Crippen LogP contribution in [-0.4, -0.2) is 22.4 Å². The number of hydrogen-bond acceptors (Lipinski definition) is 6. The van der Waals surface area contributed by atoms with Gasteiger partial charge in [0.2, 0.25) is 5.91 Å². The zero-order valence-electron chi connectivity index (χ0n) is 14.9. The minimum absolute atomic E-state index is 0.00422. The largest absolute Gasteiger partial charge is 0.399 e. The molecule has 0 saturated carbocycles. The summed E-state index contributed by atoms with van der Waals surface area (Å²) >= 11 is 5.80. The third kappa shape index (κ3) is 6.36. The van der Waals surface area contributed by atoms with Crippen molar-refractivity contribution in [2.75, 3.05) is 5.73 Å². The molecule has 2 aromatic carbocycles. The Morgan fingerprint density at radius 1 is 1.21 bits per heavy atom. The van der Waals surface area contributed by atoms with Crippen LogP contribution < -0.4 is 16.5 Å². The number of benzene rings is 2. The summed E-state index contributed by atoms with van der Waals surface area (Å²) in [6.07, 6.45) is -0.0229. The monoisotopic (exact) mass is 403 g/mol. The lowest BCUT2D eigenvalue weighted by Crippen LogP contribution is -2.26. The van der Waals surface area contributed by atoms with E-state index in [1.165, 1.54) is 6.07 Å². The zero-order valence-corrected chi connectivity index (χ0v) is 15.7. The number of nitrogens with zero attached hydrogens (tertiary/aromatic N) is 2. The van der Waals surface area contributed by atoms with Crippen LogP contribution in [0.25, 0.3) is 0 Å². The number of carbonyl (C=O) groups is 2. The Morgan fingerprint density at radius 2 is 1.89 bits per heavy atom. The molecule has 0 aromatic heterocycles. The van der Waals surface area contributed by atoms with Crippen LogP contribution in [0.5, 0.6) is 0 Å². The molecule has 0 saturated heterocycles. The number of hydrogen-bond donors (Lipinski definition) is 3. The van der Waals surface area contributed by atoms with E-state index in [-0.39, 0.29) is 29.3 Å². The molecule has 2 rings (SSSR count). The molecule has 9 nitrogen and oxygen atoms in total. The Kier molecular flexibility index (Phi) is 7.05. The maximum atomic E-state index is 12.1. The molecule has 0 radical (unpaired) electrons. The van der Waals surface area contributed by atoms with E-state index in [0.717, 1.165) is 17.7 Å². The van der Waals surface area contributed by atoms with Gasteiger partial charge in [0.25, 0.3) is 11.6 Å². The summed E-state index contributed by atoms with van der Waals surface area (Å²) in [5, 5.41) is 18.0. The minimum atomic E-state index is -0.670. The molecule has 146 valence electrons. The standard InChI is InChI=1S/C18H18ClN5O4/c1-11(6-17(25)21-10-12-2-4-14(19)5-3-12)22-23-18(26)13-7-15(20)9-16(8-13)24(27)28/h2-5,7-9H,6,10,20H2,1H3,(H,21,25)(H,23,26)/b22-11-. The number of hydrazone groups is 1. The molecule has 0 atom stereocenters. The van der Waals surface area contributed by atoms with Gasteiger partial charge in [-0.05, 0) is 30.7 Å². The first-order valence-electron chi connectivity index (χ1n) is 8.14. The Hall–Kier alpha value is -3.46. The van der Waals surface area contributed by atoms with E-state index < -0.39 is 10.8 Å². The van der Waals surface area contributed by atoms with Gasteiger partial charge in [0.15, 0.2) is 0 Å². The minimum Gasteiger partial charge on any atom is -0.399 e. The number of nitro groups is 1. The lowest BCUT2D eigenvalue weighted by Gasteiger charge is -2.06. The van der Waals surface area contributed by atoms with Gasteiger partial charge in [-0.1, -0.05) is 23.7 Å². The fourth-order valence-electron chi connectivity index (χ4n) is 2.22. The first kappa shape index (κ1) is 20.8. The van der Waals surface area contributed by atoms with Crippen molar-refractivity contribution in [1.29, 1.82) is 0 Å². The number of nitrogen functional groups attached to an aromatic ring is 1. The van der Waals surface area contributed by atoms with Gasteiger partial charge in [-0.15, -0.1) is 0 Å². The van der Waals surface area contributed by atoms with Crippen LogP contribution in [0.15, 0.2) is 47.6 Å². The Balaban J connectivity index is 1.89. The second kappa shape index (κ2) is 9.47. The number of amides is 2. The molecular formula is C18H18ClN5O4. The van der Waals surface area contributed by atoms with E-state index in [4.69, 9.17) is 17.3 Å². The Labute approximate surface area is 165 Å². The molecule has 0 fully saturated rings. The molecule has 4 N–H and O–H groups in total. The number of nitro benzene ring substituents is 1. The van der Waals surface area contributed by atoms with Crippen molar-refractivity contribution in [3.05, 3.63) is 68.7 Å². The average molecular weight is 404 g/mol. The van der Waals surface area contributed by atoms with Crippen molar-refractivity contribution in [2.24, 2.45) is 5.10 Å². The highest BCUT2D eigenvalue weighted by Gasteiger charge is 2.13. The van der Waals surface area contributed by atoms with Crippen molar-refractivity contribution in [3.63, 3.8) is 0 Å². The van der Waals surface area contributed by atoms with E-state index in [0.29, 0.717) is 17.3 Å². The van der Waals surface area contributed by atoms with E-state index in [1.54, 1.807) is 31.2 Å². The molecule has 2 aromatic rings. The molecule has 0 unspecified atom stereocenters. The second-order valence-electron chi connectivity index (χ2n) is 5.94. The van der Waals surface area contributed by atoms with Gasteiger partial charge in [0, 0.05) is 35.1 Å². The molecule has 28 heavy (non-hydrogen) atoms. The predicted octanol–water partition coefficient (Wildman–Crippen LogP) is 2.64. The molecule has 0 bridgehead atoms. The highest BCUT2D eigenvalue weighted by atomic mass is 35.5. The molecule has 0 heterocycles. The van der Waals surface area contributed by atoms with Gasteiger partial charge in [0.1, 0.15) is 0 Å². The fraction of sp³-hybridized carbons (Fsp3) is 0.167. The van der Waals surface area contributed by atoms with E-state index >= 15 is 0 Å². The maximum absolute atomic E-state index is 12.1. The van der Waals surface area contributed by atoms with Crippen LogP contribution >= 0.6 is 11.6 Å². The second-order valence-corrected chi connectivity index (χ2v) is 6.37. The topological polar surface area (TPSA) is 140 Å². The lowest BCUT2D eigenvalue weighted by atomic mass is 10.1. The summed E-state index contributed by atoms with van der Waals surface area (Å²) in [5.74, 6) is -0.943. The molecule has 0 aliphatic heterocycles. The third-order valence-electron chi connectivity index (χ3n) is 3.58. The number of carbonyl (C=O) groups excluding carboxylic acids is 2. The number of non-ortho nitro benzene ring substituents is 1. The lowest BCUT2D eigenvalue weighted by molar-refractivity contribution is -0.384. The Morgan fingerprint density at radius 3 is 2.54 bits per heavy atom. The van der Waals surface area contributed by atoms with Gasteiger partial charge in [0.05, 0.1) is 16.9 Å². The molecule has 0 aliphatic rings. The summed E-state index contributed by atoms with van der Waals surface area (Å²) in [7, 11) is 0. The smallest absolute Gasteiger partial charge is 0.272 e. The SMILES string of the molecule is C/C(CC(=O)NCc1ccc(Cl)cc1)=N/NC(=O)c1cc(N)cc([N+](=O)[O-])c1. The molecule has 0 spiro atoms. The van der Waals surface area contributed by atoms with Crippen molar-refractivity contribution in [3.8, 4) is 0 Å². The fourth-order valence-corrected chi connectivity index (χ4v) is 2.35. The maximum Gasteiger partial charge on any atom is 0.272 e. The Bertz CT molecular complexity index is 928. The average Bonchev–Trinajstić information content (AvgIpc) is 2.65. The van der Waals surface area contributed by atoms with Crippen molar-refractivity contribution < 1.29 is 14.5 Å². The normalized spacial score (nSPS) is 11.0. The zero-order chi connectivity index (χ0) is 20.7. The van der Waals surface area contributed by atoms with Gasteiger partial charge in [-0.3, -0.25) is 19.7 Å². The van der Waals surface area contributed by atoms with Crippen LogP contribution in [0.2, 0.25) is 5.02 Å². The number of anilines is 1. The van der Waals surface area contributed by atoms with Gasteiger partial charge in [-0.25, -0.2) is 5.43 Å². The summed E-state index contributed by atoms with van der Waals surface area (Å²) in [6, 6.07) is 10.6. The van der Waals surface area contributed by atoms with Crippen molar-refractivity contribution >= 4 is 40.5 Å². The van der Waals surface area contributed by atoms with Crippen molar-refractivity contribution in [2.45, 2.75) is 19.9 Å². The van der Waals surface area contributed by atoms with Crippen LogP contribution in [0, 0.1) is 10.1 Å². The van der Waals surface area contributed by atoms with Crippen LogP contribution in [0.1, 0.15) is 29.3 Å². The summed E-state index contributed by atoms with van der Waals surface area (Å²) in [6.45, 7) is 1.91. The van der Waals surface area contributed by atoms with E-state index in [9.17, 15) is 19.7 Å². The first-order valence-corrected chi connectivity index (χ1v) is 8.52. The molecule has 2 amide bonds. The quantitative estimate of drug-likeness (QED) is 0.282. The first-order chi connectivity index (χ1) is 13.2. The molecule has 10 heteroatoms. The summed E-state index contributed by atoms with van der Waals surface area (Å²) < 4.78 is 0. The highest BCUT2D eigenvalue weighted by molar-refractivity contribution is 6.30. The van der Waals surface area contributed by atoms with Crippen LogP contribution in [-0.2, 0) is 11.3 Å². The summed E-state index contributed by atoms with van der Waals surface area (Å²) in [4.78, 5) is 34.2. The van der Waals surface area contributed by atoms with Gasteiger partial charge in [-0.2, -0.15) is 5.10 Å². The number of halogens is 1. The number of nitrogens with one attached hydrogen (secondary N) is 2. The highest BCUT2D eigenvalue weighted by Crippen LogP contribution is 2.18. The third-order valence-corrected chi connectivity index (χ3v) is 3.83. The van der Waals surface area contributed by atoms with Crippen LogP contribution in [0.3, 0.4) is 0 Å².